The Balaban J connectivity index is 1.11. The van der Waals surface area contributed by atoms with Crippen LogP contribution in [0.4, 0.5) is 34.1 Å². The van der Waals surface area contributed by atoms with E-state index in [1.54, 1.807) is 0 Å². The standard InChI is InChI=1S/C87H78N2/c1-82(2,3)57-30-38-61(39-31-57)86(62-40-32-58(33-41-62)83(4,5)6)76-52-53-77-81-75(51-50-74(80(76)81)72-48-46-70(55-78(72)86)88(66-23-15-12-16-24-66)67-25-17-13-18-26-67)73-49-47-71-56-79(73)87(77,63-42-34-59(35-43-63)84(7,8)9)64-44-36-60(37-45-64)85(10,11)65-22-21-29-69(54-65)89(71)68-27-19-14-20-28-68/h12-56H,1-11H3. The van der Waals surface area contributed by atoms with E-state index in [2.05, 4.69) is 359 Å². The summed E-state index contributed by atoms with van der Waals surface area (Å²) < 4.78 is 0. The second-order valence-corrected chi connectivity index (χ2v) is 28.9. The lowest BCUT2D eigenvalue weighted by Gasteiger charge is -2.47. The maximum atomic E-state index is 2.57. The molecule has 12 aromatic carbocycles. The van der Waals surface area contributed by atoms with Gasteiger partial charge in [-0.1, -0.05) is 276 Å². The molecule has 0 saturated carbocycles. The number of benzene rings is 12. The van der Waals surface area contributed by atoms with E-state index in [1.807, 2.05) is 0 Å². The maximum Gasteiger partial charge on any atom is 0.0714 e. The molecule has 1 atom stereocenters. The molecule has 2 heteroatoms. The normalized spacial score (nSPS) is 16.0. The van der Waals surface area contributed by atoms with Crippen LogP contribution in [0.2, 0.25) is 0 Å². The summed E-state index contributed by atoms with van der Waals surface area (Å²) in [5.74, 6) is 0. The Bertz CT molecular complexity index is 4590. The van der Waals surface area contributed by atoms with Crippen molar-refractivity contribution in [2.75, 3.05) is 9.80 Å². The highest BCUT2D eigenvalue weighted by molar-refractivity contribution is 6.15. The molecule has 0 N–H and O–H groups in total. The van der Waals surface area contributed by atoms with Crippen LogP contribution in [-0.2, 0) is 32.5 Å². The van der Waals surface area contributed by atoms with Crippen LogP contribution in [0.15, 0.2) is 273 Å². The van der Waals surface area contributed by atoms with Crippen molar-refractivity contribution in [3.8, 4) is 22.3 Å². The van der Waals surface area contributed by atoms with E-state index >= 15 is 0 Å². The summed E-state index contributed by atoms with van der Waals surface area (Å²) in [6.45, 7) is 25.7. The van der Waals surface area contributed by atoms with Gasteiger partial charge >= 0.3 is 0 Å². The largest absolute Gasteiger partial charge is 0.310 e. The van der Waals surface area contributed by atoms with E-state index in [-0.39, 0.29) is 21.7 Å². The monoisotopic (exact) mass is 1150 g/mol. The third kappa shape index (κ3) is 8.65. The average molecular weight is 1150 g/mol. The SMILES string of the molecule is CC(C)(C)c1ccc(C2(c3ccc(C(C)(C)C)cc3)c3cc(N(c4ccccc4)c4ccccc4)ccc3-c3ccc4c5c(ccc2c35)C2(c3ccc(C(C)(C)C)cc3)c3ccc(cc3)C(C)(C)c3cccc(c3)N(c3ccccc3)c3ccc-4c2c3)cc1. The first-order valence-electron chi connectivity index (χ1n) is 32.0. The second kappa shape index (κ2) is 20.3. The van der Waals surface area contributed by atoms with Gasteiger partial charge in [0.1, 0.15) is 0 Å². The molecule has 0 aromatic heterocycles. The highest BCUT2D eigenvalue weighted by atomic mass is 15.1. The average Bonchev–Trinajstić information content (AvgIpc) is 0.821. The van der Waals surface area contributed by atoms with Gasteiger partial charge in [0.2, 0.25) is 0 Å². The first-order chi connectivity index (χ1) is 42.8. The van der Waals surface area contributed by atoms with Crippen molar-refractivity contribution in [3.05, 3.63) is 345 Å². The van der Waals surface area contributed by atoms with Gasteiger partial charge in [0.05, 0.1) is 10.8 Å². The molecule has 12 aromatic rings. The molecule has 0 radical (unpaired) electrons. The molecular formula is C87H78N2. The zero-order chi connectivity index (χ0) is 61.4. The third-order valence-corrected chi connectivity index (χ3v) is 20.3. The molecule has 436 valence electrons. The predicted octanol–water partition coefficient (Wildman–Crippen LogP) is 23.0. The number of anilines is 6. The van der Waals surface area contributed by atoms with Gasteiger partial charge in [-0.2, -0.15) is 0 Å². The van der Waals surface area contributed by atoms with E-state index in [9.17, 15) is 0 Å². The molecule has 2 heterocycles. The van der Waals surface area contributed by atoms with Crippen LogP contribution in [0, 0.1) is 0 Å². The van der Waals surface area contributed by atoms with Crippen molar-refractivity contribution in [3.63, 3.8) is 0 Å². The Morgan fingerprint density at radius 1 is 0.270 bits per heavy atom. The fraction of sp³-hybridized carbons (Fsp3) is 0.195. The zero-order valence-electron chi connectivity index (χ0n) is 53.4. The predicted molar refractivity (Wildman–Crippen MR) is 376 cm³/mol. The Hall–Kier alpha value is -9.50. The molecule has 16 rings (SSSR count). The van der Waals surface area contributed by atoms with Crippen molar-refractivity contribution in [2.24, 2.45) is 0 Å². The molecule has 2 aliphatic carbocycles. The molecule has 6 bridgehead atoms. The lowest BCUT2D eigenvalue weighted by molar-refractivity contribution is 0.588. The number of fused-ring (bicyclic) bond motifs is 5. The summed E-state index contributed by atoms with van der Waals surface area (Å²) in [5, 5.41) is 2.60. The molecule has 0 fully saturated rings. The minimum absolute atomic E-state index is 0.0465. The molecule has 0 saturated heterocycles. The van der Waals surface area contributed by atoms with Crippen LogP contribution in [0.3, 0.4) is 0 Å². The number of rotatable bonds is 7. The van der Waals surface area contributed by atoms with Crippen LogP contribution in [0.1, 0.15) is 148 Å². The lowest BCUT2D eigenvalue weighted by Crippen LogP contribution is -2.37. The fourth-order valence-electron chi connectivity index (χ4n) is 15.5. The van der Waals surface area contributed by atoms with Crippen LogP contribution in [-0.4, -0.2) is 0 Å². The van der Waals surface area contributed by atoms with Crippen LogP contribution in [0.25, 0.3) is 33.0 Å². The van der Waals surface area contributed by atoms with Crippen molar-refractivity contribution in [1.29, 1.82) is 0 Å². The molecule has 89 heavy (non-hydrogen) atoms. The van der Waals surface area contributed by atoms with Gasteiger partial charge in [-0.05, 0) is 194 Å². The first kappa shape index (κ1) is 56.0. The van der Waals surface area contributed by atoms with E-state index in [0.29, 0.717) is 0 Å². The first-order valence-corrected chi connectivity index (χ1v) is 32.0. The minimum atomic E-state index is -0.797. The molecule has 1 unspecified atom stereocenters. The van der Waals surface area contributed by atoms with Gasteiger partial charge < -0.3 is 9.80 Å². The van der Waals surface area contributed by atoms with E-state index < -0.39 is 10.8 Å². The molecule has 0 amide bonds. The van der Waals surface area contributed by atoms with Crippen molar-refractivity contribution >= 4 is 44.9 Å². The molecule has 4 aliphatic rings. The summed E-state index contributed by atoms with van der Waals surface area (Å²) >= 11 is 0. The van der Waals surface area contributed by atoms with Crippen LogP contribution >= 0.6 is 0 Å². The van der Waals surface area contributed by atoms with Crippen molar-refractivity contribution < 1.29 is 0 Å². The number of hydrogen-bond donors (Lipinski definition) is 0. The molecular weight excluding hydrogens is 1070 g/mol. The summed E-state index contributed by atoms with van der Waals surface area (Å²) in [5.41, 5.74) is 26.1. The van der Waals surface area contributed by atoms with Crippen LogP contribution in [0.5, 0.6) is 0 Å². The topological polar surface area (TPSA) is 6.48 Å². The maximum absolute atomic E-state index is 2.57. The van der Waals surface area contributed by atoms with Gasteiger partial charge in [0.15, 0.2) is 0 Å². The Labute approximate surface area is 527 Å². The van der Waals surface area contributed by atoms with Gasteiger partial charge in [-0.25, -0.2) is 0 Å². The number of nitrogens with zero attached hydrogens (tertiary/aromatic N) is 2. The van der Waals surface area contributed by atoms with Crippen molar-refractivity contribution in [1.82, 2.24) is 0 Å². The van der Waals surface area contributed by atoms with Gasteiger partial charge in [0.25, 0.3) is 0 Å². The quantitative estimate of drug-likeness (QED) is 0.157. The molecule has 2 aliphatic heterocycles. The third-order valence-electron chi connectivity index (χ3n) is 20.3. The van der Waals surface area contributed by atoms with E-state index in [1.165, 1.54) is 105 Å². The fourth-order valence-corrected chi connectivity index (χ4v) is 15.5. The highest BCUT2D eigenvalue weighted by Gasteiger charge is 2.50. The summed E-state index contributed by atoms with van der Waals surface area (Å²) in [4.78, 5) is 4.91. The number of para-hydroxylation sites is 3. The molecule has 2 nitrogen and oxygen atoms in total. The molecule has 0 spiro atoms. The number of hydrogen-bond acceptors (Lipinski definition) is 2. The van der Waals surface area contributed by atoms with Gasteiger partial charge in [0, 0.05) is 39.5 Å². The Morgan fingerprint density at radius 3 is 1.09 bits per heavy atom. The van der Waals surface area contributed by atoms with E-state index in [0.717, 1.165) is 34.1 Å². The van der Waals surface area contributed by atoms with Gasteiger partial charge in [-0.15, -0.1) is 0 Å². The Morgan fingerprint density at radius 2 is 0.640 bits per heavy atom. The zero-order valence-corrected chi connectivity index (χ0v) is 53.4. The van der Waals surface area contributed by atoms with E-state index in [4.69, 9.17) is 0 Å². The summed E-state index contributed by atoms with van der Waals surface area (Å²) in [6.07, 6.45) is 0. The summed E-state index contributed by atoms with van der Waals surface area (Å²) in [7, 11) is 0. The smallest absolute Gasteiger partial charge is 0.0714 e. The van der Waals surface area contributed by atoms with Crippen LogP contribution < -0.4 is 9.80 Å². The minimum Gasteiger partial charge on any atom is -0.310 e. The highest BCUT2D eigenvalue weighted by Crippen LogP contribution is 2.63. The summed E-state index contributed by atoms with van der Waals surface area (Å²) in [6, 6.07) is 106. The van der Waals surface area contributed by atoms with Gasteiger partial charge in [-0.3, -0.25) is 0 Å². The van der Waals surface area contributed by atoms with Crippen molar-refractivity contribution in [2.45, 2.75) is 109 Å². The lowest BCUT2D eigenvalue weighted by atomic mass is 9.55. The second-order valence-electron chi connectivity index (χ2n) is 28.9. The Kier molecular flexibility index (Phi) is 12.8.